The molecule has 0 aliphatic carbocycles. The van der Waals surface area contributed by atoms with Crippen molar-refractivity contribution in [3.8, 4) is 0 Å². The normalized spacial score (nSPS) is 15.2. The zero-order valence-corrected chi connectivity index (χ0v) is 23.7. The van der Waals surface area contributed by atoms with E-state index in [2.05, 4.69) is 10.0 Å². The van der Waals surface area contributed by atoms with Gasteiger partial charge >= 0.3 is 0 Å². The predicted molar refractivity (Wildman–Crippen MR) is 150 cm³/mol. The smallest absolute Gasteiger partial charge is 0.261 e. The molecule has 3 aromatic rings. The predicted octanol–water partition coefficient (Wildman–Crippen LogP) is 5.28. The number of hydrogen-bond donors (Lipinski definition) is 2. The van der Waals surface area contributed by atoms with Crippen LogP contribution in [-0.2, 0) is 30.6 Å². The van der Waals surface area contributed by atoms with E-state index in [0.29, 0.717) is 39.8 Å². The summed E-state index contributed by atoms with van der Waals surface area (Å²) in [4.78, 5) is 12.8. The summed E-state index contributed by atoms with van der Waals surface area (Å²) >= 11 is 12.0. The molecule has 1 amide bonds. The zero-order chi connectivity index (χ0) is 27.5. The average molecular weight is 597 g/mol. The van der Waals surface area contributed by atoms with Gasteiger partial charge in [-0.05, 0) is 79.4 Å². The van der Waals surface area contributed by atoms with Crippen LogP contribution in [0.1, 0.15) is 24.0 Å². The van der Waals surface area contributed by atoms with Gasteiger partial charge in [0.05, 0.1) is 16.3 Å². The first-order chi connectivity index (χ1) is 17.9. The van der Waals surface area contributed by atoms with Crippen molar-refractivity contribution < 1.29 is 21.6 Å². The molecule has 0 spiro atoms. The maximum atomic E-state index is 12.8. The minimum atomic E-state index is -3.84. The van der Waals surface area contributed by atoms with E-state index < -0.39 is 20.0 Å². The second-order valence-electron chi connectivity index (χ2n) is 9.14. The molecule has 0 radical (unpaired) electrons. The average Bonchev–Trinajstić information content (AvgIpc) is 2.86. The maximum absolute atomic E-state index is 12.8. The summed E-state index contributed by atoms with van der Waals surface area (Å²) in [6.07, 6.45) is 0.770. The Balaban J connectivity index is 1.32. The maximum Gasteiger partial charge on any atom is 0.261 e. The molecule has 0 bridgehead atoms. The van der Waals surface area contributed by atoms with Crippen LogP contribution in [0, 0.1) is 12.8 Å². The number of carbonyl (C=O) groups is 1. The van der Waals surface area contributed by atoms with Crippen LogP contribution in [0.2, 0.25) is 10.0 Å². The molecule has 1 heterocycles. The molecule has 8 nitrogen and oxygen atoms in total. The molecule has 2 N–H and O–H groups in total. The Hall–Kier alpha value is -2.63. The topological polar surface area (TPSA) is 113 Å². The van der Waals surface area contributed by atoms with Crippen molar-refractivity contribution in [1.29, 1.82) is 0 Å². The van der Waals surface area contributed by atoms with E-state index in [1.807, 2.05) is 6.92 Å². The highest BCUT2D eigenvalue weighted by Crippen LogP contribution is 2.26. The van der Waals surface area contributed by atoms with Gasteiger partial charge < -0.3 is 5.32 Å². The number of hydrogen-bond acceptors (Lipinski definition) is 5. The Bertz CT molecular complexity index is 1540. The van der Waals surface area contributed by atoms with Gasteiger partial charge in [-0.1, -0.05) is 41.4 Å². The molecule has 3 aromatic carbocycles. The molecule has 202 valence electrons. The monoisotopic (exact) mass is 595 g/mol. The van der Waals surface area contributed by atoms with Crippen molar-refractivity contribution in [2.75, 3.05) is 23.1 Å². The number of aryl methyl sites for hydroxylation is 1. The molecule has 12 heteroatoms. The van der Waals surface area contributed by atoms with Gasteiger partial charge in [-0.15, -0.1) is 0 Å². The molecule has 0 atom stereocenters. The summed E-state index contributed by atoms with van der Waals surface area (Å²) < 4.78 is 55.0. The minimum Gasteiger partial charge on any atom is -0.326 e. The van der Waals surface area contributed by atoms with Gasteiger partial charge in [0.25, 0.3) is 10.0 Å². The van der Waals surface area contributed by atoms with Gasteiger partial charge in [-0.3, -0.25) is 9.52 Å². The molecule has 0 saturated carbocycles. The molecule has 1 saturated heterocycles. The molecule has 1 aliphatic rings. The van der Waals surface area contributed by atoms with Crippen molar-refractivity contribution in [3.05, 3.63) is 87.9 Å². The van der Waals surface area contributed by atoms with Gasteiger partial charge in [0, 0.05) is 34.7 Å². The Morgan fingerprint density at radius 2 is 1.58 bits per heavy atom. The van der Waals surface area contributed by atoms with Crippen LogP contribution < -0.4 is 10.0 Å². The molecule has 0 aromatic heterocycles. The van der Waals surface area contributed by atoms with Crippen molar-refractivity contribution in [2.24, 2.45) is 5.92 Å². The third-order valence-corrected chi connectivity index (χ3v) is 10.2. The number of sulfonamides is 2. The molecule has 4 rings (SSSR count). The summed E-state index contributed by atoms with van der Waals surface area (Å²) in [5.74, 6) is -0.741. The van der Waals surface area contributed by atoms with Gasteiger partial charge in [-0.25, -0.2) is 21.1 Å². The highest BCUT2D eigenvalue weighted by molar-refractivity contribution is 7.92. The molecule has 0 unspecified atom stereocenters. The Kier molecular flexibility index (Phi) is 8.68. The third-order valence-electron chi connectivity index (χ3n) is 6.31. The molecule has 1 aliphatic heterocycles. The summed E-state index contributed by atoms with van der Waals surface area (Å²) in [6.45, 7) is 2.31. The highest BCUT2D eigenvalue weighted by atomic mass is 35.5. The van der Waals surface area contributed by atoms with E-state index in [1.165, 1.54) is 34.6 Å². The van der Waals surface area contributed by atoms with E-state index >= 15 is 0 Å². The highest BCUT2D eigenvalue weighted by Gasteiger charge is 2.31. The number of piperidine rings is 1. The Morgan fingerprint density at radius 3 is 2.21 bits per heavy atom. The first-order valence-electron chi connectivity index (χ1n) is 11.9. The first kappa shape index (κ1) is 28.4. The van der Waals surface area contributed by atoms with Crippen molar-refractivity contribution in [1.82, 2.24) is 4.31 Å². The molecular formula is C26H27Cl2N3O5S2. The fourth-order valence-electron chi connectivity index (χ4n) is 4.16. The third kappa shape index (κ3) is 7.06. The fraction of sp³-hybridized carbons (Fsp3) is 0.269. The van der Waals surface area contributed by atoms with Gasteiger partial charge in [0.1, 0.15) is 0 Å². The fourth-order valence-corrected chi connectivity index (χ4v) is 7.15. The van der Waals surface area contributed by atoms with E-state index in [4.69, 9.17) is 23.2 Å². The van der Waals surface area contributed by atoms with Crippen molar-refractivity contribution >= 4 is 60.5 Å². The SMILES string of the molecule is Cc1ccc(NS(=O)(=O)c2ccc(NC(=O)C3CCN(S(=O)(=O)Cc4cccc(Cl)c4)CC3)cc2)cc1Cl. The Labute approximate surface area is 233 Å². The second-order valence-corrected chi connectivity index (χ2v) is 13.6. The van der Waals surface area contributed by atoms with Crippen LogP contribution in [0.4, 0.5) is 11.4 Å². The van der Waals surface area contributed by atoms with Crippen molar-refractivity contribution in [2.45, 2.75) is 30.4 Å². The van der Waals surface area contributed by atoms with Crippen LogP contribution in [0.5, 0.6) is 0 Å². The molecular weight excluding hydrogens is 569 g/mol. The van der Waals surface area contributed by atoms with E-state index in [1.54, 1.807) is 36.4 Å². The number of benzene rings is 3. The summed E-state index contributed by atoms with van der Waals surface area (Å²) in [5.41, 5.74) is 2.24. The lowest BCUT2D eigenvalue weighted by molar-refractivity contribution is -0.120. The van der Waals surface area contributed by atoms with Crippen LogP contribution >= 0.6 is 23.2 Å². The quantitative estimate of drug-likeness (QED) is 0.367. The summed E-state index contributed by atoms with van der Waals surface area (Å²) in [6, 6.07) is 17.5. The number of nitrogens with zero attached hydrogens (tertiary/aromatic N) is 1. The number of halogens is 2. The zero-order valence-electron chi connectivity index (χ0n) is 20.5. The van der Waals surface area contributed by atoms with Gasteiger partial charge in [-0.2, -0.15) is 0 Å². The molecule has 38 heavy (non-hydrogen) atoms. The van der Waals surface area contributed by atoms with Crippen LogP contribution in [0.3, 0.4) is 0 Å². The second kappa shape index (κ2) is 11.6. The molecule has 1 fully saturated rings. The lowest BCUT2D eigenvalue weighted by atomic mass is 9.97. The van der Waals surface area contributed by atoms with Crippen molar-refractivity contribution in [3.63, 3.8) is 0 Å². The van der Waals surface area contributed by atoms with E-state index in [0.717, 1.165) is 5.56 Å². The number of anilines is 2. The number of rotatable bonds is 8. The van der Waals surface area contributed by atoms with Crippen LogP contribution in [-0.4, -0.2) is 40.1 Å². The van der Waals surface area contributed by atoms with Crippen LogP contribution in [0.15, 0.2) is 71.6 Å². The lowest BCUT2D eigenvalue weighted by Gasteiger charge is -2.30. The summed E-state index contributed by atoms with van der Waals surface area (Å²) in [7, 11) is -7.38. The van der Waals surface area contributed by atoms with E-state index in [-0.39, 0.29) is 35.6 Å². The Morgan fingerprint density at radius 1 is 0.921 bits per heavy atom. The summed E-state index contributed by atoms with van der Waals surface area (Å²) in [5, 5.41) is 3.73. The largest absolute Gasteiger partial charge is 0.326 e. The standard InChI is InChI=1S/C26H27Cl2N3O5S2/c1-18-5-6-23(16-25(18)28)30-38(35,36)24-9-7-22(8-10-24)29-26(32)20-11-13-31(14-12-20)37(33,34)17-19-3-2-4-21(27)15-19/h2-10,15-16,20,30H,11-14,17H2,1H3,(H,29,32). The number of amides is 1. The van der Waals surface area contributed by atoms with Gasteiger partial charge in [0.2, 0.25) is 15.9 Å². The van der Waals surface area contributed by atoms with Crippen LogP contribution in [0.25, 0.3) is 0 Å². The first-order valence-corrected chi connectivity index (χ1v) is 15.7. The number of carbonyl (C=O) groups excluding carboxylic acids is 1. The number of nitrogens with one attached hydrogen (secondary N) is 2. The van der Waals surface area contributed by atoms with Gasteiger partial charge in [0.15, 0.2) is 0 Å². The van der Waals surface area contributed by atoms with E-state index in [9.17, 15) is 21.6 Å². The lowest BCUT2D eigenvalue weighted by Crippen LogP contribution is -2.41. The minimum absolute atomic E-state index is 0.0328.